The number of carbonyl (C=O) groups excluding carboxylic acids is 2. The van der Waals surface area contributed by atoms with Crippen molar-refractivity contribution in [2.24, 2.45) is 5.92 Å². The molecule has 2 aromatic rings. The summed E-state index contributed by atoms with van der Waals surface area (Å²) in [6.07, 6.45) is 2.92. The molecule has 0 aromatic heterocycles. The van der Waals surface area contributed by atoms with Gasteiger partial charge in [0.1, 0.15) is 12.1 Å². The molecule has 2 amide bonds. The van der Waals surface area contributed by atoms with Gasteiger partial charge < -0.3 is 20.5 Å². The van der Waals surface area contributed by atoms with Crippen LogP contribution >= 0.6 is 0 Å². The molecular weight excluding hydrogens is 432 g/mol. The number of benzene rings is 2. The zero-order chi connectivity index (χ0) is 24.1. The number of amides is 2. The third-order valence-electron chi connectivity index (χ3n) is 7.03. The summed E-state index contributed by atoms with van der Waals surface area (Å²) in [5.74, 6) is -1.19. The maximum atomic E-state index is 12.4. The topological polar surface area (TPSA) is 105 Å². The molecule has 1 unspecified atom stereocenters. The van der Waals surface area contributed by atoms with Gasteiger partial charge in [0.25, 0.3) is 0 Å². The minimum absolute atomic E-state index is 0.00105. The Bertz CT molecular complexity index is 1010. The molecule has 7 heteroatoms. The first-order chi connectivity index (χ1) is 16.4. The van der Waals surface area contributed by atoms with Crippen molar-refractivity contribution < 1.29 is 24.2 Å². The molecule has 1 atom stereocenters. The Morgan fingerprint density at radius 2 is 1.62 bits per heavy atom. The first kappa shape index (κ1) is 23.8. The molecule has 180 valence electrons. The van der Waals surface area contributed by atoms with E-state index in [2.05, 4.69) is 34.9 Å². The van der Waals surface area contributed by atoms with Gasteiger partial charge in [0.15, 0.2) is 0 Å². The highest BCUT2D eigenvalue weighted by Crippen LogP contribution is 2.44. The van der Waals surface area contributed by atoms with Crippen LogP contribution in [0.5, 0.6) is 0 Å². The van der Waals surface area contributed by atoms with Gasteiger partial charge in [0, 0.05) is 18.9 Å². The SMILES string of the molecule is CC(CCNC(=O)OCC1c2ccccc2-c2ccccc21)CC(=O)NC1(C(=O)O)CCCC1. The number of rotatable bonds is 9. The van der Waals surface area contributed by atoms with Crippen LogP contribution in [0.2, 0.25) is 0 Å². The lowest BCUT2D eigenvalue weighted by molar-refractivity contribution is -0.147. The highest BCUT2D eigenvalue weighted by molar-refractivity contribution is 5.87. The zero-order valence-electron chi connectivity index (χ0n) is 19.5. The van der Waals surface area contributed by atoms with Crippen molar-refractivity contribution in [2.75, 3.05) is 13.2 Å². The standard InChI is InChI=1S/C27H32N2O5/c1-18(16-24(30)29-27(25(31)32)13-6-7-14-27)12-15-28-26(33)34-17-23-21-10-4-2-8-19(21)20-9-3-5-11-22(20)23/h2-5,8-11,18,23H,6-7,12-17H2,1H3,(H,28,33)(H,29,30)(H,31,32). The van der Waals surface area contributed by atoms with Crippen LogP contribution in [-0.2, 0) is 14.3 Å². The van der Waals surface area contributed by atoms with E-state index in [0.29, 0.717) is 25.8 Å². The number of carbonyl (C=O) groups is 3. The number of alkyl carbamates (subject to hydrolysis) is 1. The highest BCUT2D eigenvalue weighted by atomic mass is 16.5. The molecule has 2 aliphatic carbocycles. The van der Waals surface area contributed by atoms with Crippen molar-refractivity contribution in [1.82, 2.24) is 10.6 Å². The predicted molar refractivity (Wildman–Crippen MR) is 128 cm³/mol. The molecule has 0 heterocycles. The first-order valence-electron chi connectivity index (χ1n) is 12.0. The lowest BCUT2D eigenvalue weighted by Crippen LogP contribution is -2.52. The van der Waals surface area contributed by atoms with Crippen LogP contribution in [0.1, 0.15) is 62.5 Å². The molecule has 7 nitrogen and oxygen atoms in total. The van der Waals surface area contributed by atoms with Crippen molar-refractivity contribution in [3.63, 3.8) is 0 Å². The molecule has 0 radical (unpaired) electrons. The molecule has 4 rings (SSSR count). The summed E-state index contributed by atoms with van der Waals surface area (Å²) < 4.78 is 5.54. The quantitative estimate of drug-likeness (QED) is 0.508. The number of ether oxygens (including phenoxy) is 1. The van der Waals surface area contributed by atoms with Crippen LogP contribution in [0.3, 0.4) is 0 Å². The average Bonchev–Trinajstić information content (AvgIpc) is 3.41. The highest BCUT2D eigenvalue weighted by Gasteiger charge is 2.42. The van der Waals surface area contributed by atoms with E-state index in [1.165, 1.54) is 11.1 Å². The Kier molecular flexibility index (Phi) is 7.20. The third kappa shape index (κ3) is 5.08. The summed E-state index contributed by atoms with van der Waals surface area (Å²) in [5, 5.41) is 15.0. The van der Waals surface area contributed by atoms with Crippen molar-refractivity contribution in [3.05, 3.63) is 59.7 Å². The predicted octanol–water partition coefficient (Wildman–Crippen LogP) is 4.46. The molecule has 0 bridgehead atoms. The molecule has 2 aromatic carbocycles. The van der Waals surface area contributed by atoms with Gasteiger partial charge in [-0.15, -0.1) is 0 Å². The molecule has 34 heavy (non-hydrogen) atoms. The molecular formula is C27H32N2O5. The van der Waals surface area contributed by atoms with E-state index in [9.17, 15) is 19.5 Å². The summed E-state index contributed by atoms with van der Waals surface area (Å²) in [7, 11) is 0. The number of aliphatic carboxylic acids is 1. The number of nitrogens with one attached hydrogen (secondary N) is 2. The van der Waals surface area contributed by atoms with Crippen LogP contribution in [0, 0.1) is 5.92 Å². The molecule has 0 saturated heterocycles. The number of hydrogen-bond donors (Lipinski definition) is 3. The number of carboxylic acids is 1. The van der Waals surface area contributed by atoms with Gasteiger partial charge in [0.05, 0.1) is 0 Å². The largest absolute Gasteiger partial charge is 0.480 e. The third-order valence-corrected chi connectivity index (χ3v) is 7.03. The van der Waals surface area contributed by atoms with Crippen molar-refractivity contribution in [2.45, 2.75) is 56.9 Å². The molecule has 0 spiro atoms. The summed E-state index contributed by atoms with van der Waals surface area (Å²) >= 11 is 0. The lowest BCUT2D eigenvalue weighted by Gasteiger charge is -2.26. The Labute approximate surface area is 199 Å². The van der Waals surface area contributed by atoms with E-state index in [4.69, 9.17) is 4.74 Å². The average molecular weight is 465 g/mol. The van der Waals surface area contributed by atoms with Crippen molar-refractivity contribution in [3.8, 4) is 11.1 Å². The van der Waals surface area contributed by atoms with Gasteiger partial charge in [-0.05, 0) is 47.4 Å². The summed E-state index contributed by atoms with van der Waals surface area (Å²) in [4.78, 5) is 36.3. The van der Waals surface area contributed by atoms with E-state index in [1.807, 2.05) is 31.2 Å². The van der Waals surface area contributed by atoms with Crippen LogP contribution in [-0.4, -0.2) is 41.8 Å². The molecule has 3 N–H and O–H groups in total. The Hall–Kier alpha value is -3.35. The van der Waals surface area contributed by atoms with E-state index >= 15 is 0 Å². The fourth-order valence-corrected chi connectivity index (χ4v) is 5.18. The van der Waals surface area contributed by atoms with Gasteiger partial charge in [-0.25, -0.2) is 9.59 Å². The normalized spacial score (nSPS) is 16.9. The Balaban J connectivity index is 1.21. The molecule has 1 fully saturated rings. The van der Waals surface area contributed by atoms with Gasteiger partial charge in [0.2, 0.25) is 5.91 Å². The Morgan fingerprint density at radius 3 is 2.21 bits per heavy atom. The van der Waals surface area contributed by atoms with Crippen LogP contribution < -0.4 is 10.6 Å². The van der Waals surface area contributed by atoms with E-state index < -0.39 is 17.6 Å². The second-order valence-corrected chi connectivity index (χ2v) is 9.49. The molecule has 1 saturated carbocycles. The van der Waals surface area contributed by atoms with Crippen LogP contribution in [0.15, 0.2) is 48.5 Å². The number of fused-ring (bicyclic) bond motifs is 3. The maximum Gasteiger partial charge on any atom is 0.407 e. The zero-order valence-corrected chi connectivity index (χ0v) is 19.5. The summed E-state index contributed by atoms with van der Waals surface area (Å²) in [5.41, 5.74) is 3.58. The minimum atomic E-state index is -1.11. The van der Waals surface area contributed by atoms with Crippen LogP contribution in [0.4, 0.5) is 4.79 Å². The monoisotopic (exact) mass is 464 g/mol. The summed E-state index contributed by atoms with van der Waals surface area (Å²) in [6.45, 7) is 2.56. The Morgan fingerprint density at radius 1 is 1.03 bits per heavy atom. The van der Waals surface area contributed by atoms with Crippen LogP contribution in [0.25, 0.3) is 11.1 Å². The van der Waals surface area contributed by atoms with Gasteiger partial charge in [-0.1, -0.05) is 68.3 Å². The minimum Gasteiger partial charge on any atom is -0.480 e. The fraction of sp³-hybridized carbons (Fsp3) is 0.444. The van der Waals surface area contributed by atoms with E-state index in [-0.39, 0.29) is 30.8 Å². The maximum absolute atomic E-state index is 12.4. The van der Waals surface area contributed by atoms with Gasteiger partial charge in [-0.2, -0.15) is 0 Å². The number of hydrogen-bond acceptors (Lipinski definition) is 4. The second-order valence-electron chi connectivity index (χ2n) is 9.49. The van der Waals surface area contributed by atoms with Crippen molar-refractivity contribution in [1.29, 1.82) is 0 Å². The van der Waals surface area contributed by atoms with Gasteiger partial charge in [-0.3, -0.25) is 4.79 Å². The summed E-state index contributed by atoms with van der Waals surface area (Å²) in [6, 6.07) is 16.4. The fourth-order valence-electron chi connectivity index (χ4n) is 5.18. The van der Waals surface area contributed by atoms with Crippen molar-refractivity contribution >= 4 is 18.0 Å². The molecule has 0 aliphatic heterocycles. The van der Waals surface area contributed by atoms with Gasteiger partial charge >= 0.3 is 12.1 Å². The lowest BCUT2D eigenvalue weighted by atomic mass is 9.96. The van der Waals surface area contributed by atoms with E-state index in [1.54, 1.807) is 0 Å². The second kappa shape index (κ2) is 10.3. The first-order valence-corrected chi connectivity index (χ1v) is 12.0. The van der Waals surface area contributed by atoms with E-state index in [0.717, 1.165) is 24.0 Å². The smallest absolute Gasteiger partial charge is 0.407 e. The number of carboxylic acid groups (broad SMARTS) is 1. The molecule has 2 aliphatic rings.